The van der Waals surface area contributed by atoms with E-state index in [1.807, 2.05) is 18.2 Å². The van der Waals surface area contributed by atoms with Crippen molar-refractivity contribution in [2.45, 2.75) is 51.6 Å². The van der Waals surface area contributed by atoms with Crippen LogP contribution in [0.5, 0.6) is 0 Å². The fourth-order valence-corrected chi connectivity index (χ4v) is 4.12. The number of hydrogen-bond donors (Lipinski definition) is 1. The fourth-order valence-electron chi connectivity index (χ4n) is 4.12. The van der Waals surface area contributed by atoms with Crippen LogP contribution in [0.1, 0.15) is 50.3 Å². The molecule has 0 aromatic heterocycles. The minimum atomic E-state index is -0.708. The zero-order valence-corrected chi connectivity index (χ0v) is 12.3. The number of aliphatic carboxylic acids is 1. The summed E-state index contributed by atoms with van der Waals surface area (Å²) in [6.45, 7) is 5.43. The molecule has 3 rings (SSSR count). The van der Waals surface area contributed by atoms with Crippen molar-refractivity contribution in [2.24, 2.45) is 5.41 Å². The number of rotatable bonds is 2. The molecular formula is C17H23NO2. The molecule has 1 aliphatic carbocycles. The molecule has 1 aromatic rings. The molecule has 1 saturated carbocycles. The van der Waals surface area contributed by atoms with Gasteiger partial charge in [0.05, 0.1) is 0 Å². The molecule has 1 heterocycles. The third-order valence-corrected chi connectivity index (χ3v) is 5.16. The molecular weight excluding hydrogens is 250 g/mol. The molecule has 1 aliphatic heterocycles. The Balaban J connectivity index is 1.99. The lowest BCUT2D eigenvalue weighted by atomic mass is 9.83. The van der Waals surface area contributed by atoms with Gasteiger partial charge in [-0.1, -0.05) is 44.5 Å². The topological polar surface area (TPSA) is 40.5 Å². The highest BCUT2D eigenvalue weighted by molar-refractivity contribution is 5.76. The van der Waals surface area contributed by atoms with E-state index in [2.05, 4.69) is 24.8 Å². The molecule has 1 fully saturated rings. The van der Waals surface area contributed by atoms with Crippen molar-refractivity contribution in [3.63, 3.8) is 0 Å². The molecule has 2 unspecified atom stereocenters. The minimum absolute atomic E-state index is 0.222. The number of carboxylic acids is 1. The molecule has 20 heavy (non-hydrogen) atoms. The summed E-state index contributed by atoms with van der Waals surface area (Å²) in [6.07, 6.45) is 4.50. The summed E-state index contributed by atoms with van der Waals surface area (Å²) < 4.78 is 0. The van der Waals surface area contributed by atoms with Crippen LogP contribution in [0.25, 0.3) is 0 Å². The molecule has 0 bridgehead atoms. The number of carbonyl (C=O) groups is 1. The number of nitrogens with zero attached hydrogens (tertiary/aromatic N) is 1. The number of carboxylic acid groups (broad SMARTS) is 1. The Morgan fingerprint density at radius 2 is 2.10 bits per heavy atom. The van der Waals surface area contributed by atoms with Crippen LogP contribution in [-0.2, 0) is 11.2 Å². The largest absolute Gasteiger partial charge is 0.480 e. The Hall–Kier alpha value is -1.35. The first-order chi connectivity index (χ1) is 9.50. The van der Waals surface area contributed by atoms with Gasteiger partial charge in [0.2, 0.25) is 0 Å². The third-order valence-electron chi connectivity index (χ3n) is 5.16. The zero-order valence-electron chi connectivity index (χ0n) is 12.3. The van der Waals surface area contributed by atoms with Gasteiger partial charge in [-0.25, -0.2) is 0 Å². The first kappa shape index (κ1) is 13.6. The Bertz CT molecular complexity index is 523. The molecule has 108 valence electrons. The predicted molar refractivity (Wildman–Crippen MR) is 78.6 cm³/mol. The first-order valence-electron chi connectivity index (χ1n) is 7.57. The van der Waals surface area contributed by atoms with E-state index < -0.39 is 12.0 Å². The lowest BCUT2D eigenvalue weighted by Gasteiger charge is -2.43. The van der Waals surface area contributed by atoms with Crippen LogP contribution in [0.3, 0.4) is 0 Å². The van der Waals surface area contributed by atoms with Crippen molar-refractivity contribution in [2.75, 3.05) is 6.54 Å². The van der Waals surface area contributed by atoms with Crippen LogP contribution in [0.15, 0.2) is 24.3 Å². The van der Waals surface area contributed by atoms with Gasteiger partial charge in [-0.15, -0.1) is 0 Å². The second kappa shape index (κ2) is 4.88. The van der Waals surface area contributed by atoms with Gasteiger partial charge in [0, 0.05) is 12.6 Å². The van der Waals surface area contributed by atoms with Crippen molar-refractivity contribution < 1.29 is 9.90 Å². The molecule has 3 nitrogen and oxygen atoms in total. The van der Waals surface area contributed by atoms with Crippen LogP contribution in [0.4, 0.5) is 0 Å². The Morgan fingerprint density at radius 1 is 1.35 bits per heavy atom. The SMILES string of the molecule is CC1(C)CCCC1N1CCc2ccccc2C1C(=O)O. The molecule has 2 aliphatic rings. The van der Waals surface area contributed by atoms with Crippen molar-refractivity contribution >= 4 is 5.97 Å². The van der Waals surface area contributed by atoms with E-state index in [1.54, 1.807) is 0 Å². The Kier molecular flexibility index (Phi) is 3.33. The summed E-state index contributed by atoms with van der Waals surface area (Å²) >= 11 is 0. The van der Waals surface area contributed by atoms with Crippen LogP contribution in [0, 0.1) is 5.41 Å². The van der Waals surface area contributed by atoms with E-state index in [-0.39, 0.29) is 5.41 Å². The van der Waals surface area contributed by atoms with E-state index in [4.69, 9.17) is 0 Å². The maximum atomic E-state index is 11.9. The highest BCUT2D eigenvalue weighted by atomic mass is 16.4. The maximum Gasteiger partial charge on any atom is 0.325 e. The van der Waals surface area contributed by atoms with E-state index in [0.717, 1.165) is 24.9 Å². The van der Waals surface area contributed by atoms with Gasteiger partial charge in [0.1, 0.15) is 6.04 Å². The molecule has 0 saturated heterocycles. The molecule has 0 amide bonds. The summed E-state index contributed by atoms with van der Waals surface area (Å²) in [4.78, 5) is 14.1. The van der Waals surface area contributed by atoms with Gasteiger partial charge in [-0.05, 0) is 35.8 Å². The molecule has 1 N–H and O–H groups in total. The quantitative estimate of drug-likeness (QED) is 0.899. The van der Waals surface area contributed by atoms with Crippen molar-refractivity contribution in [3.05, 3.63) is 35.4 Å². The lowest BCUT2D eigenvalue weighted by Crippen LogP contribution is -2.49. The van der Waals surface area contributed by atoms with Crippen LogP contribution in [0.2, 0.25) is 0 Å². The average Bonchev–Trinajstić information content (AvgIpc) is 2.76. The predicted octanol–water partition coefficient (Wildman–Crippen LogP) is 3.25. The van der Waals surface area contributed by atoms with Gasteiger partial charge in [-0.3, -0.25) is 9.69 Å². The van der Waals surface area contributed by atoms with Crippen molar-refractivity contribution in [1.82, 2.24) is 4.90 Å². The first-order valence-corrected chi connectivity index (χ1v) is 7.57. The monoisotopic (exact) mass is 273 g/mol. The minimum Gasteiger partial charge on any atom is -0.480 e. The molecule has 1 aromatic carbocycles. The normalized spacial score (nSPS) is 29.1. The van der Waals surface area contributed by atoms with E-state index >= 15 is 0 Å². The van der Waals surface area contributed by atoms with Crippen LogP contribution < -0.4 is 0 Å². The summed E-state index contributed by atoms with van der Waals surface area (Å²) in [5.41, 5.74) is 2.42. The summed E-state index contributed by atoms with van der Waals surface area (Å²) in [5.74, 6) is -0.708. The van der Waals surface area contributed by atoms with E-state index in [0.29, 0.717) is 6.04 Å². The highest BCUT2D eigenvalue weighted by Gasteiger charge is 2.44. The van der Waals surface area contributed by atoms with Gasteiger partial charge in [0.25, 0.3) is 0 Å². The van der Waals surface area contributed by atoms with E-state index in [1.165, 1.54) is 18.4 Å². The van der Waals surface area contributed by atoms with Crippen molar-refractivity contribution in [1.29, 1.82) is 0 Å². The number of benzene rings is 1. The van der Waals surface area contributed by atoms with Gasteiger partial charge in [-0.2, -0.15) is 0 Å². The molecule has 0 spiro atoms. The lowest BCUT2D eigenvalue weighted by molar-refractivity contribution is -0.146. The molecule has 0 radical (unpaired) electrons. The number of fused-ring (bicyclic) bond motifs is 1. The standard InChI is InChI=1S/C17H23NO2/c1-17(2)10-5-8-14(17)18-11-9-12-6-3-4-7-13(12)15(18)16(19)20/h3-4,6-7,14-15H,5,8-11H2,1-2H3,(H,19,20). The second-order valence-corrected chi connectivity index (χ2v) is 6.82. The van der Waals surface area contributed by atoms with Crippen molar-refractivity contribution in [3.8, 4) is 0 Å². The fraction of sp³-hybridized carbons (Fsp3) is 0.588. The van der Waals surface area contributed by atoms with Crippen LogP contribution in [-0.4, -0.2) is 28.6 Å². The summed E-state index contributed by atoms with van der Waals surface area (Å²) in [7, 11) is 0. The highest BCUT2D eigenvalue weighted by Crippen LogP contribution is 2.45. The average molecular weight is 273 g/mol. The summed E-state index contributed by atoms with van der Waals surface area (Å²) in [6, 6.07) is 7.94. The molecule has 3 heteroatoms. The second-order valence-electron chi connectivity index (χ2n) is 6.82. The zero-order chi connectivity index (χ0) is 14.3. The Labute approximate surface area is 120 Å². The van der Waals surface area contributed by atoms with Gasteiger partial charge >= 0.3 is 5.97 Å². The third kappa shape index (κ3) is 2.14. The van der Waals surface area contributed by atoms with Crippen LogP contribution >= 0.6 is 0 Å². The van der Waals surface area contributed by atoms with Gasteiger partial charge < -0.3 is 5.11 Å². The Morgan fingerprint density at radius 3 is 2.75 bits per heavy atom. The molecule has 2 atom stereocenters. The summed E-state index contributed by atoms with van der Waals surface area (Å²) in [5, 5.41) is 9.74. The smallest absolute Gasteiger partial charge is 0.325 e. The van der Waals surface area contributed by atoms with E-state index in [9.17, 15) is 9.90 Å². The van der Waals surface area contributed by atoms with Gasteiger partial charge in [0.15, 0.2) is 0 Å². The maximum absolute atomic E-state index is 11.9. The number of hydrogen-bond acceptors (Lipinski definition) is 2.